The standard InChI is InChI=1S/C18H19NO4/c1-3-5-7-11-12-9-14(20)15(21)10-13(12)17(22)16(11)18(23)19-8-6-4-2/h9-10,20-21H,4,6-8H2,1-2H3,(H,19,23). The summed E-state index contributed by atoms with van der Waals surface area (Å²) >= 11 is 0. The van der Waals surface area contributed by atoms with Crippen LogP contribution in [0.4, 0.5) is 0 Å². The van der Waals surface area contributed by atoms with E-state index in [-0.39, 0.29) is 29.1 Å². The zero-order valence-electron chi connectivity index (χ0n) is 13.2. The number of Topliss-reactive ketones (excluding diaryl/α,β-unsaturated/α-hetero) is 1. The number of nitrogens with one attached hydrogen (secondary N) is 1. The Morgan fingerprint density at radius 2 is 1.87 bits per heavy atom. The lowest BCUT2D eigenvalue weighted by Gasteiger charge is -2.06. The van der Waals surface area contributed by atoms with Gasteiger partial charge in [0.2, 0.25) is 0 Å². The third-order valence-electron chi connectivity index (χ3n) is 3.70. The summed E-state index contributed by atoms with van der Waals surface area (Å²) in [6, 6.07) is 2.50. The minimum Gasteiger partial charge on any atom is -0.504 e. The predicted molar refractivity (Wildman–Crippen MR) is 87.0 cm³/mol. The first kappa shape index (κ1) is 16.6. The number of rotatable bonds is 5. The summed E-state index contributed by atoms with van der Waals surface area (Å²) in [5, 5.41) is 22.0. The number of fused-ring (bicyclic) bond motifs is 1. The van der Waals surface area contributed by atoms with Gasteiger partial charge in [0.25, 0.3) is 5.91 Å². The third-order valence-corrected chi connectivity index (χ3v) is 3.70. The number of benzene rings is 1. The fourth-order valence-corrected chi connectivity index (χ4v) is 2.49. The molecule has 0 saturated carbocycles. The largest absolute Gasteiger partial charge is 0.504 e. The molecule has 23 heavy (non-hydrogen) atoms. The lowest BCUT2D eigenvalue weighted by Crippen LogP contribution is -2.28. The maximum atomic E-state index is 12.5. The van der Waals surface area contributed by atoms with E-state index in [1.165, 1.54) is 12.1 Å². The normalized spacial score (nSPS) is 12.7. The van der Waals surface area contributed by atoms with E-state index in [1.54, 1.807) is 6.92 Å². The Morgan fingerprint density at radius 3 is 2.48 bits per heavy atom. The van der Waals surface area contributed by atoms with Gasteiger partial charge in [-0.1, -0.05) is 19.3 Å². The van der Waals surface area contributed by atoms with Crippen molar-refractivity contribution in [3.8, 4) is 23.3 Å². The summed E-state index contributed by atoms with van der Waals surface area (Å²) in [4.78, 5) is 24.9. The number of phenols is 2. The molecule has 0 saturated heterocycles. The number of hydrogen-bond donors (Lipinski definition) is 3. The number of ketones is 1. The van der Waals surface area contributed by atoms with Crippen molar-refractivity contribution in [2.24, 2.45) is 0 Å². The Hall–Kier alpha value is -2.74. The van der Waals surface area contributed by atoms with Gasteiger partial charge in [0.15, 0.2) is 17.3 Å². The minimum atomic E-state index is -0.447. The van der Waals surface area contributed by atoms with E-state index in [1.807, 2.05) is 6.92 Å². The molecule has 1 amide bonds. The van der Waals surface area contributed by atoms with E-state index in [0.29, 0.717) is 17.7 Å². The van der Waals surface area contributed by atoms with Crippen molar-refractivity contribution in [1.82, 2.24) is 5.32 Å². The lowest BCUT2D eigenvalue weighted by molar-refractivity contribution is -0.117. The summed E-state index contributed by atoms with van der Waals surface area (Å²) < 4.78 is 0. The first-order chi connectivity index (χ1) is 11.0. The molecule has 1 aliphatic carbocycles. The zero-order valence-corrected chi connectivity index (χ0v) is 13.2. The van der Waals surface area contributed by atoms with Gasteiger partial charge in [-0.3, -0.25) is 9.59 Å². The molecule has 1 aromatic carbocycles. The number of unbranched alkanes of at least 4 members (excludes halogenated alkanes) is 1. The number of phenolic OH excluding ortho intramolecular Hbond substituents is 2. The fraction of sp³-hybridized carbons (Fsp3) is 0.333. The summed E-state index contributed by atoms with van der Waals surface area (Å²) in [7, 11) is 0. The fourth-order valence-electron chi connectivity index (χ4n) is 2.49. The van der Waals surface area contributed by atoms with Gasteiger partial charge in [-0.05, 0) is 36.6 Å². The Bertz CT molecular complexity index is 750. The molecule has 5 heteroatoms. The minimum absolute atomic E-state index is 0.0452. The van der Waals surface area contributed by atoms with Crippen LogP contribution in [0.2, 0.25) is 0 Å². The van der Waals surface area contributed by atoms with Gasteiger partial charge in [-0.15, -0.1) is 5.92 Å². The molecular weight excluding hydrogens is 294 g/mol. The van der Waals surface area contributed by atoms with Crippen LogP contribution in [0.25, 0.3) is 5.57 Å². The molecule has 1 aliphatic rings. The SMILES string of the molecule is CC#CCC1=C(C(=O)NCCCC)C(=O)c2cc(O)c(O)cc21. The molecule has 0 spiro atoms. The molecule has 0 unspecified atom stereocenters. The number of allylic oxidation sites excluding steroid dienone is 1. The Morgan fingerprint density at radius 1 is 1.22 bits per heavy atom. The molecule has 120 valence electrons. The van der Waals surface area contributed by atoms with Crippen LogP contribution < -0.4 is 5.32 Å². The van der Waals surface area contributed by atoms with Crippen LogP contribution in [0, 0.1) is 11.8 Å². The number of hydrogen-bond acceptors (Lipinski definition) is 4. The molecule has 1 aromatic rings. The van der Waals surface area contributed by atoms with E-state index in [0.717, 1.165) is 12.8 Å². The molecule has 2 rings (SSSR count). The molecule has 0 aromatic heterocycles. The zero-order chi connectivity index (χ0) is 17.0. The number of carbonyl (C=O) groups excluding carboxylic acids is 2. The average molecular weight is 313 g/mol. The van der Waals surface area contributed by atoms with Crippen LogP contribution in [0.15, 0.2) is 17.7 Å². The highest BCUT2D eigenvalue weighted by Crippen LogP contribution is 2.40. The van der Waals surface area contributed by atoms with E-state index in [9.17, 15) is 19.8 Å². The molecule has 0 bridgehead atoms. The maximum Gasteiger partial charge on any atom is 0.255 e. The van der Waals surface area contributed by atoms with Gasteiger partial charge in [0.05, 0.1) is 5.57 Å². The first-order valence-electron chi connectivity index (χ1n) is 7.53. The Labute approximate surface area is 135 Å². The van der Waals surface area contributed by atoms with Gasteiger partial charge in [-0.25, -0.2) is 0 Å². The second-order valence-corrected chi connectivity index (χ2v) is 5.28. The molecule has 0 fully saturated rings. The average Bonchev–Trinajstić information content (AvgIpc) is 2.78. The Kier molecular flexibility index (Phi) is 5.07. The van der Waals surface area contributed by atoms with Crippen LogP contribution in [0.1, 0.15) is 49.0 Å². The first-order valence-corrected chi connectivity index (χ1v) is 7.53. The smallest absolute Gasteiger partial charge is 0.255 e. The number of carbonyl (C=O) groups is 2. The highest BCUT2D eigenvalue weighted by Gasteiger charge is 2.34. The van der Waals surface area contributed by atoms with Crippen LogP contribution in [-0.4, -0.2) is 28.4 Å². The van der Waals surface area contributed by atoms with Gasteiger partial charge >= 0.3 is 0 Å². The van der Waals surface area contributed by atoms with Crippen molar-refractivity contribution in [2.45, 2.75) is 33.1 Å². The monoisotopic (exact) mass is 313 g/mol. The molecule has 0 radical (unpaired) electrons. The molecule has 5 nitrogen and oxygen atoms in total. The maximum absolute atomic E-state index is 12.5. The lowest BCUT2D eigenvalue weighted by atomic mass is 10.0. The molecule has 0 heterocycles. The second kappa shape index (κ2) is 7.01. The van der Waals surface area contributed by atoms with E-state index in [4.69, 9.17) is 0 Å². The molecule has 0 aliphatic heterocycles. The highest BCUT2D eigenvalue weighted by atomic mass is 16.3. The summed E-state index contributed by atoms with van der Waals surface area (Å²) in [5.41, 5.74) is 1.20. The molecular formula is C18H19NO4. The van der Waals surface area contributed by atoms with Gasteiger partial charge < -0.3 is 15.5 Å². The van der Waals surface area contributed by atoms with Crippen LogP contribution in [-0.2, 0) is 4.79 Å². The van der Waals surface area contributed by atoms with Crippen molar-refractivity contribution >= 4 is 17.3 Å². The van der Waals surface area contributed by atoms with Crippen LogP contribution in [0.3, 0.4) is 0 Å². The molecule has 3 N–H and O–H groups in total. The van der Waals surface area contributed by atoms with E-state index < -0.39 is 11.7 Å². The van der Waals surface area contributed by atoms with Crippen molar-refractivity contribution in [1.29, 1.82) is 0 Å². The summed E-state index contributed by atoms with van der Waals surface area (Å²) in [5.74, 6) is 4.00. The second-order valence-electron chi connectivity index (χ2n) is 5.28. The number of aromatic hydroxyl groups is 2. The topological polar surface area (TPSA) is 86.6 Å². The van der Waals surface area contributed by atoms with E-state index in [2.05, 4.69) is 17.2 Å². The number of amides is 1. The van der Waals surface area contributed by atoms with Crippen molar-refractivity contribution in [3.63, 3.8) is 0 Å². The van der Waals surface area contributed by atoms with Gasteiger partial charge in [0, 0.05) is 18.5 Å². The summed E-state index contributed by atoms with van der Waals surface area (Å²) in [6.07, 6.45) is 1.99. The summed E-state index contributed by atoms with van der Waals surface area (Å²) in [6.45, 7) is 4.18. The predicted octanol–water partition coefficient (Wildman–Crippen LogP) is 2.38. The van der Waals surface area contributed by atoms with Crippen LogP contribution >= 0.6 is 0 Å². The van der Waals surface area contributed by atoms with Gasteiger partial charge in [0.1, 0.15) is 0 Å². The van der Waals surface area contributed by atoms with Crippen molar-refractivity contribution in [3.05, 3.63) is 28.8 Å². The van der Waals surface area contributed by atoms with Crippen molar-refractivity contribution in [2.75, 3.05) is 6.54 Å². The molecule has 0 atom stereocenters. The van der Waals surface area contributed by atoms with Crippen molar-refractivity contribution < 1.29 is 19.8 Å². The third kappa shape index (κ3) is 3.21. The Balaban J connectivity index is 2.46. The highest BCUT2D eigenvalue weighted by molar-refractivity contribution is 6.34. The quantitative estimate of drug-likeness (QED) is 0.337. The van der Waals surface area contributed by atoms with Gasteiger partial charge in [-0.2, -0.15) is 0 Å². The van der Waals surface area contributed by atoms with Crippen LogP contribution in [0.5, 0.6) is 11.5 Å². The van der Waals surface area contributed by atoms with E-state index >= 15 is 0 Å².